The standard InChI is InChI=1S/C18H16N2O2/c1-14-7-10-16(11-8-14)19-13-20-17-6-4-3-5-15(17)9-12-18(21)22-2/h3-12H,1-2H3/b12-9+. The normalized spacial score (nSPS) is 10.1. The molecule has 0 saturated carbocycles. The Hall–Kier alpha value is -2.97. The molecule has 0 N–H and O–H groups in total. The first-order valence-electron chi connectivity index (χ1n) is 6.77. The number of hydrogen-bond donors (Lipinski definition) is 0. The van der Waals surface area contributed by atoms with Crippen LogP contribution in [0.2, 0.25) is 0 Å². The summed E-state index contributed by atoms with van der Waals surface area (Å²) in [5, 5.41) is 0. The van der Waals surface area contributed by atoms with E-state index in [0.717, 1.165) is 11.3 Å². The number of aliphatic imine (C=N–C) groups is 2. The third kappa shape index (κ3) is 4.54. The fourth-order valence-electron chi connectivity index (χ4n) is 1.71. The van der Waals surface area contributed by atoms with Crippen molar-refractivity contribution in [2.75, 3.05) is 7.11 Å². The van der Waals surface area contributed by atoms with Crippen molar-refractivity contribution in [1.29, 1.82) is 0 Å². The SMILES string of the molecule is COC(=O)/C=C/c1ccccc1N=C=Nc1ccc(C)cc1. The van der Waals surface area contributed by atoms with Crippen LogP contribution in [-0.2, 0) is 9.53 Å². The quantitative estimate of drug-likeness (QED) is 0.479. The number of ether oxygens (including phenoxy) is 1. The van der Waals surface area contributed by atoms with Crippen LogP contribution in [0.25, 0.3) is 6.08 Å². The van der Waals surface area contributed by atoms with E-state index in [1.807, 2.05) is 55.5 Å². The first-order valence-corrected chi connectivity index (χ1v) is 6.77. The maximum atomic E-state index is 11.1. The van der Waals surface area contributed by atoms with E-state index < -0.39 is 5.97 Å². The highest BCUT2D eigenvalue weighted by Crippen LogP contribution is 2.19. The van der Waals surface area contributed by atoms with Gasteiger partial charge in [-0.25, -0.2) is 4.79 Å². The molecule has 0 aliphatic heterocycles. The van der Waals surface area contributed by atoms with E-state index in [9.17, 15) is 4.79 Å². The molecule has 0 atom stereocenters. The number of carbonyl (C=O) groups excluding carboxylic acids is 1. The van der Waals surface area contributed by atoms with Gasteiger partial charge in [-0.05, 0) is 31.2 Å². The van der Waals surface area contributed by atoms with Crippen LogP contribution < -0.4 is 0 Å². The molecule has 0 unspecified atom stereocenters. The molecule has 0 spiro atoms. The van der Waals surface area contributed by atoms with Crippen LogP contribution in [-0.4, -0.2) is 19.1 Å². The zero-order valence-corrected chi connectivity index (χ0v) is 12.5. The van der Waals surface area contributed by atoms with Crippen LogP contribution >= 0.6 is 0 Å². The van der Waals surface area contributed by atoms with Gasteiger partial charge in [0, 0.05) is 11.6 Å². The van der Waals surface area contributed by atoms with Gasteiger partial charge in [0.25, 0.3) is 0 Å². The minimum absolute atomic E-state index is 0.410. The summed E-state index contributed by atoms with van der Waals surface area (Å²) >= 11 is 0. The predicted octanol–water partition coefficient (Wildman–Crippen LogP) is 4.32. The summed E-state index contributed by atoms with van der Waals surface area (Å²) < 4.78 is 4.57. The molecule has 2 aromatic carbocycles. The van der Waals surface area contributed by atoms with Crippen LogP contribution in [0, 0.1) is 6.92 Å². The summed E-state index contributed by atoms with van der Waals surface area (Å²) in [7, 11) is 1.34. The Kier molecular flexibility index (Phi) is 5.41. The number of esters is 1. The average molecular weight is 292 g/mol. The fraction of sp³-hybridized carbons (Fsp3) is 0.111. The lowest BCUT2D eigenvalue weighted by atomic mass is 10.1. The third-order valence-electron chi connectivity index (χ3n) is 2.92. The van der Waals surface area contributed by atoms with Gasteiger partial charge in [0.1, 0.15) is 6.01 Å². The Morgan fingerprint density at radius 3 is 2.55 bits per heavy atom. The number of hydrogen-bond acceptors (Lipinski definition) is 4. The second-order valence-electron chi connectivity index (χ2n) is 4.57. The highest BCUT2D eigenvalue weighted by molar-refractivity contribution is 5.88. The van der Waals surface area contributed by atoms with Crippen molar-refractivity contribution in [2.24, 2.45) is 9.98 Å². The van der Waals surface area contributed by atoms with Crippen molar-refractivity contribution in [1.82, 2.24) is 0 Å². The molecule has 2 rings (SSSR count). The molecule has 4 nitrogen and oxygen atoms in total. The molecule has 0 radical (unpaired) electrons. The number of methoxy groups -OCH3 is 1. The zero-order valence-electron chi connectivity index (χ0n) is 12.5. The molecule has 0 saturated heterocycles. The molecule has 0 heterocycles. The highest BCUT2D eigenvalue weighted by Gasteiger charge is 1.97. The Balaban J connectivity index is 2.22. The van der Waals surface area contributed by atoms with Gasteiger partial charge in [0.2, 0.25) is 0 Å². The maximum Gasteiger partial charge on any atom is 0.330 e. The largest absolute Gasteiger partial charge is 0.466 e. The molecular weight excluding hydrogens is 276 g/mol. The minimum atomic E-state index is -0.410. The summed E-state index contributed by atoms with van der Waals surface area (Å²) in [6.45, 7) is 2.02. The van der Waals surface area contributed by atoms with E-state index in [0.29, 0.717) is 5.69 Å². The van der Waals surface area contributed by atoms with Gasteiger partial charge in [-0.2, -0.15) is 9.98 Å². The van der Waals surface area contributed by atoms with E-state index in [1.54, 1.807) is 6.08 Å². The Morgan fingerprint density at radius 1 is 1.09 bits per heavy atom. The molecule has 0 aliphatic rings. The van der Waals surface area contributed by atoms with Gasteiger partial charge >= 0.3 is 5.97 Å². The van der Waals surface area contributed by atoms with Gasteiger partial charge in [-0.3, -0.25) is 0 Å². The molecule has 0 aliphatic carbocycles. The van der Waals surface area contributed by atoms with Crippen LogP contribution in [0.1, 0.15) is 11.1 Å². The number of carbonyl (C=O) groups is 1. The van der Waals surface area contributed by atoms with Gasteiger partial charge < -0.3 is 4.74 Å². The minimum Gasteiger partial charge on any atom is -0.466 e. The zero-order chi connectivity index (χ0) is 15.8. The van der Waals surface area contributed by atoms with Crippen LogP contribution in [0.3, 0.4) is 0 Å². The molecule has 0 aromatic heterocycles. The van der Waals surface area contributed by atoms with Crippen molar-refractivity contribution in [3.63, 3.8) is 0 Å². The number of benzene rings is 2. The second-order valence-corrected chi connectivity index (χ2v) is 4.57. The van der Waals surface area contributed by atoms with Crippen molar-refractivity contribution in [2.45, 2.75) is 6.92 Å². The monoisotopic (exact) mass is 292 g/mol. The second kappa shape index (κ2) is 7.72. The third-order valence-corrected chi connectivity index (χ3v) is 2.92. The van der Waals surface area contributed by atoms with E-state index in [4.69, 9.17) is 0 Å². The molecule has 0 fully saturated rings. The number of para-hydroxylation sites is 1. The number of nitrogens with zero attached hydrogens (tertiary/aromatic N) is 2. The maximum absolute atomic E-state index is 11.1. The first-order chi connectivity index (χ1) is 10.7. The Bertz CT molecular complexity index is 740. The van der Waals surface area contributed by atoms with Crippen molar-refractivity contribution >= 4 is 29.4 Å². The summed E-state index contributed by atoms with van der Waals surface area (Å²) in [4.78, 5) is 19.5. The lowest BCUT2D eigenvalue weighted by Crippen LogP contribution is -1.93. The topological polar surface area (TPSA) is 51.0 Å². The lowest BCUT2D eigenvalue weighted by Gasteiger charge is -1.97. The van der Waals surface area contributed by atoms with Crippen LogP contribution in [0.15, 0.2) is 64.6 Å². The van der Waals surface area contributed by atoms with E-state index in [-0.39, 0.29) is 0 Å². The van der Waals surface area contributed by atoms with E-state index in [2.05, 4.69) is 20.7 Å². The van der Waals surface area contributed by atoms with Gasteiger partial charge in [-0.1, -0.05) is 35.9 Å². The fourth-order valence-corrected chi connectivity index (χ4v) is 1.71. The smallest absolute Gasteiger partial charge is 0.330 e. The number of rotatable bonds is 4. The molecule has 0 bridgehead atoms. The molecular formula is C18H16N2O2. The number of aryl methyl sites for hydroxylation is 1. The molecule has 0 amide bonds. The van der Waals surface area contributed by atoms with Gasteiger partial charge in [0.15, 0.2) is 0 Å². The molecule has 22 heavy (non-hydrogen) atoms. The Morgan fingerprint density at radius 2 is 1.82 bits per heavy atom. The Labute approximate surface area is 129 Å². The van der Waals surface area contributed by atoms with Gasteiger partial charge in [-0.15, -0.1) is 0 Å². The van der Waals surface area contributed by atoms with Crippen molar-refractivity contribution in [3.8, 4) is 0 Å². The van der Waals surface area contributed by atoms with E-state index in [1.165, 1.54) is 18.7 Å². The van der Waals surface area contributed by atoms with Gasteiger partial charge in [0.05, 0.1) is 18.5 Å². The summed E-state index contributed by atoms with van der Waals surface area (Å²) in [5.41, 5.74) is 3.43. The lowest BCUT2D eigenvalue weighted by molar-refractivity contribution is -0.134. The summed E-state index contributed by atoms with van der Waals surface area (Å²) in [5.74, 6) is -0.410. The first kappa shape index (κ1) is 15.4. The summed E-state index contributed by atoms with van der Waals surface area (Å²) in [6.07, 6.45) is 3.00. The van der Waals surface area contributed by atoms with Crippen LogP contribution in [0.4, 0.5) is 11.4 Å². The molecule has 2 aromatic rings. The van der Waals surface area contributed by atoms with Crippen molar-refractivity contribution < 1.29 is 9.53 Å². The highest BCUT2D eigenvalue weighted by atomic mass is 16.5. The summed E-state index contributed by atoms with van der Waals surface area (Å²) in [6, 6.07) is 17.9. The molecule has 110 valence electrons. The van der Waals surface area contributed by atoms with Crippen LogP contribution in [0.5, 0.6) is 0 Å². The predicted molar refractivity (Wildman–Crippen MR) is 87.9 cm³/mol. The van der Waals surface area contributed by atoms with Crippen molar-refractivity contribution in [3.05, 3.63) is 65.7 Å². The molecule has 4 heteroatoms. The average Bonchev–Trinajstić information content (AvgIpc) is 2.55. The van der Waals surface area contributed by atoms with E-state index >= 15 is 0 Å².